The van der Waals surface area contributed by atoms with Gasteiger partial charge in [-0.05, 0) is 43.5 Å². The standard InChI is InChI=1S/C24H27N3O5/c1-15-8-5-6-10-18(15)24(28)27-11-7-9-16(14-27)23-25-22(26-32-23)17-12-19(29-2)21(31-4)20(13-17)30-3/h5-6,8,10,12-13,16H,7,9,11,14H2,1-4H3/t16-/m1/s1. The number of likely N-dealkylation sites (tertiary alicyclic amines) is 1. The van der Waals surface area contributed by atoms with Gasteiger partial charge in [-0.15, -0.1) is 0 Å². The van der Waals surface area contributed by atoms with E-state index >= 15 is 0 Å². The van der Waals surface area contributed by atoms with E-state index in [4.69, 9.17) is 18.7 Å². The number of nitrogens with zero attached hydrogens (tertiary/aromatic N) is 3. The molecule has 1 amide bonds. The van der Waals surface area contributed by atoms with E-state index in [-0.39, 0.29) is 11.8 Å². The van der Waals surface area contributed by atoms with Gasteiger partial charge in [-0.2, -0.15) is 4.98 Å². The molecule has 4 rings (SSSR count). The van der Waals surface area contributed by atoms with E-state index in [1.54, 1.807) is 33.5 Å². The predicted octanol–water partition coefficient (Wildman–Crippen LogP) is 4.09. The minimum Gasteiger partial charge on any atom is -0.493 e. The third-order valence-electron chi connectivity index (χ3n) is 5.80. The zero-order valence-corrected chi connectivity index (χ0v) is 18.8. The quantitative estimate of drug-likeness (QED) is 0.574. The average molecular weight is 437 g/mol. The molecule has 0 N–H and O–H groups in total. The third-order valence-corrected chi connectivity index (χ3v) is 5.80. The van der Waals surface area contributed by atoms with Crippen LogP contribution in [0.25, 0.3) is 11.4 Å². The number of ether oxygens (including phenoxy) is 3. The highest BCUT2D eigenvalue weighted by Crippen LogP contribution is 2.41. The van der Waals surface area contributed by atoms with Crippen LogP contribution >= 0.6 is 0 Å². The van der Waals surface area contributed by atoms with Gasteiger partial charge in [0.15, 0.2) is 11.5 Å². The van der Waals surface area contributed by atoms with E-state index in [0.29, 0.717) is 41.1 Å². The van der Waals surface area contributed by atoms with Gasteiger partial charge in [0.1, 0.15) is 0 Å². The molecular weight excluding hydrogens is 410 g/mol. The Labute approximate surface area is 187 Å². The molecule has 0 saturated carbocycles. The molecule has 0 aliphatic carbocycles. The molecular formula is C24H27N3O5. The zero-order valence-electron chi connectivity index (χ0n) is 18.8. The summed E-state index contributed by atoms with van der Waals surface area (Å²) in [5.41, 5.74) is 2.40. The molecule has 1 aliphatic heterocycles. The maximum Gasteiger partial charge on any atom is 0.254 e. The van der Waals surface area contributed by atoms with Crippen molar-refractivity contribution in [3.05, 3.63) is 53.4 Å². The fourth-order valence-electron chi connectivity index (χ4n) is 4.07. The minimum absolute atomic E-state index is 0.0139. The van der Waals surface area contributed by atoms with E-state index in [9.17, 15) is 4.79 Å². The van der Waals surface area contributed by atoms with Gasteiger partial charge in [0.25, 0.3) is 5.91 Å². The molecule has 0 unspecified atom stereocenters. The Bertz CT molecular complexity index is 1090. The molecule has 8 nitrogen and oxygen atoms in total. The van der Waals surface area contributed by atoms with Crippen LogP contribution in [0, 0.1) is 6.92 Å². The normalized spacial score (nSPS) is 16.0. The van der Waals surface area contributed by atoms with Crippen LogP contribution in [0.15, 0.2) is 40.9 Å². The van der Waals surface area contributed by atoms with Gasteiger partial charge >= 0.3 is 0 Å². The van der Waals surface area contributed by atoms with E-state index < -0.39 is 0 Å². The molecule has 1 saturated heterocycles. The Kier molecular flexibility index (Phi) is 6.30. The van der Waals surface area contributed by atoms with E-state index in [0.717, 1.165) is 30.5 Å². The smallest absolute Gasteiger partial charge is 0.254 e. The fourth-order valence-corrected chi connectivity index (χ4v) is 4.07. The zero-order chi connectivity index (χ0) is 22.7. The van der Waals surface area contributed by atoms with Crippen molar-refractivity contribution < 1.29 is 23.5 Å². The predicted molar refractivity (Wildman–Crippen MR) is 118 cm³/mol. The number of amides is 1. The monoisotopic (exact) mass is 437 g/mol. The first-order valence-corrected chi connectivity index (χ1v) is 10.5. The fraction of sp³-hybridized carbons (Fsp3) is 0.375. The summed E-state index contributed by atoms with van der Waals surface area (Å²) < 4.78 is 21.8. The van der Waals surface area contributed by atoms with Crippen LogP contribution < -0.4 is 14.2 Å². The van der Waals surface area contributed by atoms with E-state index in [1.165, 1.54) is 0 Å². The molecule has 1 aliphatic rings. The molecule has 0 spiro atoms. The first-order valence-electron chi connectivity index (χ1n) is 10.5. The molecule has 1 fully saturated rings. The van der Waals surface area contributed by atoms with Crippen LogP contribution in [0.1, 0.15) is 40.6 Å². The van der Waals surface area contributed by atoms with E-state index in [2.05, 4.69) is 10.1 Å². The number of methoxy groups -OCH3 is 3. The topological polar surface area (TPSA) is 86.9 Å². The molecule has 32 heavy (non-hydrogen) atoms. The Hall–Kier alpha value is -3.55. The number of carbonyl (C=O) groups excluding carboxylic acids is 1. The van der Waals surface area contributed by atoms with Gasteiger partial charge in [0.2, 0.25) is 17.5 Å². The third kappa shape index (κ3) is 4.12. The lowest BCUT2D eigenvalue weighted by Gasteiger charge is -2.31. The first-order chi connectivity index (χ1) is 15.5. The molecule has 168 valence electrons. The summed E-state index contributed by atoms with van der Waals surface area (Å²) in [5, 5.41) is 4.17. The van der Waals surface area contributed by atoms with Crippen molar-refractivity contribution in [3.63, 3.8) is 0 Å². The summed E-state index contributed by atoms with van der Waals surface area (Å²) in [6.45, 7) is 3.22. The lowest BCUT2D eigenvalue weighted by molar-refractivity contribution is 0.0695. The summed E-state index contributed by atoms with van der Waals surface area (Å²) in [6, 6.07) is 11.2. The molecule has 0 bridgehead atoms. The minimum atomic E-state index is -0.0139. The van der Waals surface area contributed by atoms with Crippen molar-refractivity contribution in [1.29, 1.82) is 0 Å². The van der Waals surface area contributed by atoms with Gasteiger partial charge in [0.05, 0.1) is 27.2 Å². The molecule has 1 atom stereocenters. The second-order valence-electron chi connectivity index (χ2n) is 7.78. The molecule has 2 aromatic carbocycles. The van der Waals surface area contributed by atoms with Crippen molar-refractivity contribution in [1.82, 2.24) is 15.0 Å². The summed E-state index contributed by atoms with van der Waals surface area (Å²) >= 11 is 0. The first kappa shape index (κ1) is 21.7. The van der Waals surface area contributed by atoms with Crippen molar-refractivity contribution in [3.8, 4) is 28.6 Å². The highest BCUT2D eigenvalue weighted by atomic mass is 16.5. The largest absolute Gasteiger partial charge is 0.493 e. The van der Waals surface area contributed by atoms with Crippen LogP contribution in [0.3, 0.4) is 0 Å². The maximum absolute atomic E-state index is 13.0. The molecule has 1 aromatic heterocycles. The summed E-state index contributed by atoms with van der Waals surface area (Å²) in [4.78, 5) is 19.5. The number of hydrogen-bond donors (Lipinski definition) is 0. The summed E-state index contributed by atoms with van der Waals surface area (Å²) in [7, 11) is 4.68. The number of piperidine rings is 1. The average Bonchev–Trinajstić information content (AvgIpc) is 3.33. The number of rotatable bonds is 6. The summed E-state index contributed by atoms with van der Waals surface area (Å²) in [6.07, 6.45) is 1.76. The van der Waals surface area contributed by atoms with Gasteiger partial charge in [-0.25, -0.2) is 0 Å². The number of hydrogen-bond acceptors (Lipinski definition) is 7. The Morgan fingerprint density at radius 1 is 1.09 bits per heavy atom. The van der Waals surface area contributed by atoms with Crippen LogP contribution in [0.5, 0.6) is 17.2 Å². The second kappa shape index (κ2) is 9.30. The lowest BCUT2D eigenvalue weighted by Crippen LogP contribution is -2.39. The highest BCUT2D eigenvalue weighted by molar-refractivity contribution is 5.95. The van der Waals surface area contributed by atoms with Crippen molar-refractivity contribution in [2.45, 2.75) is 25.7 Å². The summed E-state index contributed by atoms with van der Waals surface area (Å²) in [5.74, 6) is 2.51. The maximum atomic E-state index is 13.0. The van der Waals surface area contributed by atoms with Gasteiger partial charge in [-0.3, -0.25) is 4.79 Å². The van der Waals surface area contributed by atoms with E-state index in [1.807, 2.05) is 36.1 Å². The number of benzene rings is 2. The van der Waals surface area contributed by atoms with Crippen molar-refractivity contribution in [2.24, 2.45) is 0 Å². The van der Waals surface area contributed by atoms with Crippen LogP contribution in [-0.2, 0) is 0 Å². The Morgan fingerprint density at radius 2 is 1.81 bits per heavy atom. The van der Waals surface area contributed by atoms with Crippen molar-refractivity contribution in [2.75, 3.05) is 34.4 Å². The van der Waals surface area contributed by atoms with Crippen LogP contribution in [0.4, 0.5) is 0 Å². The Balaban J connectivity index is 1.56. The van der Waals surface area contributed by atoms with Gasteiger partial charge in [-0.1, -0.05) is 23.4 Å². The van der Waals surface area contributed by atoms with Crippen LogP contribution in [0.2, 0.25) is 0 Å². The molecule has 3 aromatic rings. The number of carbonyl (C=O) groups is 1. The van der Waals surface area contributed by atoms with Crippen molar-refractivity contribution >= 4 is 5.91 Å². The molecule has 2 heterocycles. The van der Waals surface area contributed by atoms with Crippen LogP contribution in [-0.4, -0.2) is 55.4 Å². The van der Waals surface area contributed by atoms with Gasteiger partial charge in [0, 0.05) is 24.2 Å². The van der Waals surface area contributed by atoms with Gasteiger partial charge < -0.3 is 23.6 Å². The molecule has 8 heteroatoms. The second-order valence-corrected chi connectivity index (χ2v) is 7.78. The lowest BCUT2D eigenvalue weighted by atomic mass is 9.96. The molecule has 0 radical (unpaired) electrons. The number of aromatic nitrogens is 2. The Morgan fingerprint density at radius 3 is 2.47 bits per heavy atom. The highest BCUT2D eigenvalue weighted by Gasteiger charge is 2.30. The SMILES string of the molecule is COc1cc(-c2noc([C@@H]3CCCN(C(=O)c4ccccc4C)C3)n2)cc(OC)c1OC. The number of aryl methyl sites for hydroxylation is 1.